The van der Waals surface area contributed by atoms with Crippen LogP contribution in [-0.2, 0) is 0 Å². The minimum Gasteiger partial charge on any atom is -0.390 e. The molecule has 1 aliphatic rings. The zero-order valence-electron chi connectivity index (χ0n) is 16.2. The van der Waals surface area contributed by atoms with Crippen molar-refractivity contribution in [2.75, 3.05) is 19.7 Å². The molecule has 2 atom stereocenters. The summed E-state index contributed by atoms with van der Waals surface area (Å²) < 4.78 is 0.906. The van der Waals surface area contributed by atoms with Crippen LogP contribution in [0.4, 0.5) is 0 Å². The molecule has 0 amide bonds. The van der Waals surface area contributed by atoms with Crippen LogP contribution in [0.2, 0.25) is 0 Å². The van der Waals surface area contributed by atoms with Gasteiger partial charge in [0.25, 0.3) is 0 Å². The number of allylic oxidation sites excluding steroid dienone is 2. The maximum Gasteiger partial charge on any atom is 0.166 e. The van der Waals surface area contributed by atoms with Crippen LogP contribution in [0.25, 0.3) is 0 Å². The molecular formula is C21H41N2O+. The fourth-order valence-corrected chi connectivity index (χ4v) is 3.80. The average molecular weight is 338 g/mol. The molecular weight excluding hydrogens is 296 g/mol. The van der Waals surface area contributed by atoms with Crippen LogP contribution in [0.1, 0.15) is 84.5 Å². The molecule has 1 aliphatic heterocycles. The molecule has 0 fully saturated rings. The third-order valence-corrected chi connectivity index (χ3v) is 5.47. The predicted octanol–water partition coefficient (Wildman–Crippen LogP) is 5.08. The standard InChI is InChI=1S/C21H41N2O/c1-3-5-6-7-8-9-10-11-12-13-14-15-16-21-22-17-18-23(21,4-2)19-20-24/h3,5,17-18,21-22,24H,4,6-16,19-20H2,1-2H3/q+1/b5-3+. The second kappa shape index (κ2) is 13.5. The molecule has 0 aromatic heterocycles. The van der Waals surface area contributed by atoms with E-state index in [0.717, 1.165) is 17.6 Å². The molecule has 0 bridgehead atoms. The number of nitrogens with one attached hydrogen (secondary N) is 1. The second-order valence-electron chi connectivity index (χ2n) is 7.19. The first-order chi connectivity index (χ1) is 11.8. The van der Waals surface area contributed by atoms with E-state index in [1.807, 2.05) is 0 Å². The van der Waals surface area contributed by atoms with E-state index in [4.69, 9.17) is 0 Å². The first kappa shape index (κ1) is 21.2. The lowest BCUT2D eigenvalue weighted by Crippen LogP contribution is -2.54. The molecule has 1 rings (SSSR count). The maximum absolute atomic E-state index is 9.33. The van der Waals surface area contributed by atoms with Crippen molar-refractivity contribution in [1.29, 1.82) is 0 Å². The van der Waals surface area contributed by atoms with Gasteiger partial charge >= 0.3 is 0 Å². The van der Waals surface area contributed by atoms with E-state index >= 15 is 0 Å². The largest absolute Gasteiger partial charge is 0.390 e. The first-order valence-electron chi connectivity index (χ1n) is 10.3. The van der Waals surface area contributed by atoms with Crippen molar-refractivity contribution >= 4 is 0 Å². The SMILES string of the molecule is C/C=C/CCCCCCCCCCCC1NC=C[N+]1(CC)CCO. The lowest BCUT2D eigenvalue weighted by atomic mass is 10.0. The fourth-order valence-electron chi connectivity index (χ4n) is 3.80. The van der Waals surface area contributed by atoms with Crippen molar-refractivity contribution in [2.45, 2.75) is 90.6 Å². The van der Waals surface area contributed by atoms with Gasteiger partial charge in [-0.1, -0.05) is 57.1 Å². The Bertz CT molecular complexity index is 354. The lowest BCUT2D eigenvalue weighted by Gasteiger charge is -2.36. The molecule has 140 valence electrons. The summed E-state index contributed by atoms with van der Waals surface area (Å²) in [6.07, 6.45) is 24.1. The number of nitrogens with zero attached hydrogens (tertiary/aromatic N) is 1. The molecule has 0 spiro atoms. The number of quaternary nitrogens is 1. The molecule has 24 heavy (non-hydrogen) atoms. The van der Waals surface area contributed by atoms with Gasteiger partial charge in [0, 0.05) is 6.42 Å². The third kappa shape index (κ3) is 7.85. The molecule has 3 heteroatoms. The van der Waals surface area contributed by atoms with Gasteiger partial charge in [0.1, 0.15) is 12.7 Å². The van der Waals surface area contributed by atoms with E-state index in [1.165, 1.54) is 70.6 Å². The summed E-state index contributed by atoms with van der Waals surface area (Å²) in [6.45, 7) is 6.48. The van der Waals surface area contributed by atoms with Gasteiger partial charge in [0.05, 0.1) is 19.4 Å². The lowest BCUT2D eigenvalue weighted by molar-refractivity contribution is -0.900. The minimum atomic E-state index is 0.269. The van der Waals surface area contributed by atoms with Gasteiger partial charge in [-0.2, -0.15) is 0 Å². The Morgan fingerprint density at radius 2 is 1.62 bits per heavy atom. The number of hydrogen-bond acceptors (Lipinski definition) is 2. The fraction of sp³-hybridized carbons (Fsp3) is 0.810. The Morgan fingerprint density at radius 1 is 1.00 bits per heavy atom. The molecule has 0 aromatic carbocycles. The normalized spacial score (nSPS) is 23.2. The molecule has 0 saturated heterocycles. The van der Waals surface area contributed by atoms with E-state index in [2.05, 4.69) is 43.7 Å². The van der Waals surface area contributed by atoms with Crippen LogP contribution in [0, 0.1) is 0 Å². The summed E-state index contributed by atoms with van der Waals surface area (Å²) in [6, 6.07) is 0. The van der Waals surface area contributed by atoms with Gasteiger partial charge in [-0.25, -0.2) is 0 Å². The minimum absolute atomic E-state index is 0.269. The monoisotopic (exact) mass is 337 g/mol. The van der Waals surface area contributed by atoms with Crippen molar-refractivity contribution in [3.8, 4) is 0 Å². The van der Waals surface area contributed by atoms with Gasteiger partial charge < -0.3 is 10.4 Å². The van der Waals surface area contributed by atoms with E-state index in [9.17, 15) is 5.11 Å². The molecule has 1 heterocycles. The Morgan fingerprint density at radius 3 is 2.21 bits per heavy atom. The van der Waals surface area contributed by atoms with Crippen LogP contribution in [-0.4, -0.2) is 35.5 Å². The smallest absolute Gasteiger partial charge is 0.166 e. The maximum atomic E-state index is 9.33. The van der Waals surface area contributed by atoms with Crippen molar-refractivity contribution < 1.29 is 9.59 Å². The highest BCUT2D eigenvalue weighted by atomic mass is 16.3. The molecule has 0 saturated carbocycles. The topological polar surface area (TPSA) is 32.3 Å². The van der Waals surface area contributed by atoms with Crippen LogP contribution >= 0.6 is 0 Å². The van der Waals surface area contributed by atoms with E-state index in [1.54, 1.807) is 0 Å². The summed E-state index contributed by atoms with van der Waals surface area (Å²) in [4.78, 5) is 0. The predicted molar refractivity (Wildman–Crippen MR) is 104 cm³/mol. The quantitative estimate of drug-likeness (QED) is 0.248. The van der Waals surface area contributed by atoms with Gasteiger partial charge in [-0.15, -0.1) is 0 Å². The number of unbranched alkanes of at least 4 members (excludes halogenated alkanes) is 9. The highest BCUT2D eigenvalue weighted by molar-refractivity contribution is 4.84. The van der Waals surface area contributed by atoms with Gasteiger partial charge in [-0.05, 0) is 33.1 Å². The van der Waals surface area contributed by atoms with Crippen molar-refractivity contribution in [3.05, 3.63) is 24.6 Å². The Kier molecular flexibility index (Phi) is 11.9. The van der Waals surface area contributed by atoms with Gasteiger partial charge in [0.2, 0.25) is 0 Å². The van der Waals surface area contributed by atoms with Crippen LogP contribution in [0.3, 0.4) is 0 Å². The Hall–Kier alpha value is -0.800. The Labute approximate surface area is 150 Å². The summed E-state index contributed by atoms with van der Waals surface area (Å²) in [5.41, 5.74) is 0. The number of rotatable bonds is 15. The summed E-state index contributed by atoms with van der Waals surface area (Å²) in [7, 11) is 0. The highest BCUT2D eigenvalue weighted by Gasteiger charge is 2.35. The molecule has 2 unspecified atom stereocenters. The molecule has 2 N–H and O–H groups in total. The van der Waals surface area contributed by atoms with Crippen LogP contribution in [0.5, 0.6) is 0 Å². The first-order valence-corrected chi connectivity index (χ1v) is 10.3. The number of hydrogen-bond donors (Lipinski definition) is 2. The highest BCUT2D eigenvalue weighted by Crippen LogP contribution is 2.22. The van der Waals surface area contributed by atoms with Gasteiger partial charge in [0.15, 0.2) is 6.17 Å². The second-order valence-corrected chi connectivity index (χ2v) is 7.19. The van der Waals surface area contributed by atoms with E-state index in [-0.39, 0.29) is 6.61 Å². The molecule has 0 aromatic rings. The average Bonchev–Trinajstić information content (AvgIpc) is 2.99. The van der Waals surface area contributed by atoms with E-state index < -0.39 is 0 Å². The molecule has 3 nitrogen and oxygen atoms in total. The van der Waals surface area contributed by atoms with Crippen molar-refractivity contribution in [1.82, 2.24) is 5.32 Å². The zero-order valence-corrected chi connectivity index (χ0v) is 16.2. The van der Waals surface area contributed by atoms with E-state index in [0.29, 0.717) is 6.17 Å². The Balaban J connectivity index is 1.97. The summed E-state index contributed by atoms with van der Waals surface area (Å²) in [5, 5.41) is 12.8. The number of aliphatic hydroxyl groups excluding tert-OH is 1. The van der Waals surface area contributed by atoms with Crippen molar-refractivity contribution in [3.63, 3.8) is 0 Å². The number of likely N-dealkylation sites (N-methyl/N-ethyl adjacent to an activating group) is 1. The number of aliphatic hydroxyl groups is 1. The molecule has 0 radical (unpaired) electrons. The third-order valence-electron chi connectivity index (χ3n) is 5.47. The van der Waals surface area contributed by atoms with Crippen molar-refractivity contribution in [2.24, 2.45) is 0 Å². The molecule has 0 aliphatic carbocycles. The summed E-state index contributed by atoms with van der Waals surface area (Å²) in [5.74, 6) is 0. The van der Waals surface area contributed by atoms with Crippen LogP contribution < -0.4 is 5.32 Å². The zero-order chi connectivity index (χ0) is 17.5. The summed E-state index contributed by atoms with van der Waals surface area (Å²) >= 11 is 0. The van der Waals surface area contributed by atoms with Crippen LogP contribution in [0.15, 0.2) is 24.6 Å². The van der Waals surface area contributed by atoms with Gasteiger partial charge in [-0.3, -0.25) is 4.48 Å².